The van der Waals surface area contributed by atoms with Crippen LogP contribution in [-0.2, 0) is 10.0 Å². The molecule has 0 aromatic heterocycles. The molecule has 1 amide bonds. The Morgan fingerprint density at radius 1 is 0.933 bits per heavy atom. The van der Waals surface area contributed by atoms with Crippen molar-refractivity contribution in [3.63, 3.8) is 0 Å². The zero-order chi connectivity index (χ0) is 21.7. The summed E-state index contributed by atoms with van der Waals surface area (Å²) in [7, 11) is -1.99. The molecule has 3 rings (SSSR count). The summed E-state index contributed by atoms with van der Waals surface area (Å²) in [5.41, 5.74) is 1.95. The number of benzene rings is 3. The molecule has 8 heteroatoms. The number of nitrogens with zero attached hydrogens (tertiary/aromatic N) is 1. The van der Waals surface area contributed by atoms with Crippen LogP contribution in [0.3, 0.4) is 0 Å². The highest BCUT2D eigenvalue weighted by molar-refractivity contribution is 7.92. The minimum absolute atomic E-state index is 0.0827. The molecule has 6 nitrogen and oxygen atoms in total. The number of carbonyl (C=O) groups is 1. The van der Waals surface area contributed by atoms with Crippen LogP contribution in [0.4, 0.5) is 21.5 Å². The Morgan fingerprint density at radius 2 is 1.53 bits per heavy atom. The second kappa shape index (κ2) is 8.96. The van der Waals surface area contributed by atoms with Gasteiger partial charge in [-0.3, -0.25) is 9.52 Å². The van der Waals surface area contributed by atoms with Crippen molar-refractivity contribution in [3.8, 4) is 0 Å². The van der Waals surface area contributed by atoms with E-state index < -0.39 is 15.8 Å². The van der Waals surface area contributed by atoms with Crippen LogP contribution >= 0.6 is 0 Å². The number of hydrogen-bond acceptors (Lipinski definition) is 4. The molecule has 30 heavy (non-hydrogen) atoms. The first-order valence-electron chi connectivity index (χ1n) is 9.30. The third kappa shape index (κ3) is 4.96. The van der Waals surface area contributed by atoms with Gasteiger partial charge >= 0.3 is 0 Å². The molecule has 0 bridgehead atoms. The second-order valence-corrected chi connectivity index (χ2v) is 8.30. The van der Waals surface area contributed by atoms with Crippen molar-refractivity contribution in [1.29, 1.82) is 0 Å². The van der Waals surface area contributed by atoms with Crippen LogP contribution in [0.15, 0.2) is 77.7 Å². The quantitative estimate of drug-likeness (QED) is 0.588. The first-order valence-corrected chi connectivity index (χ1v) is 10.8. The van der Waals surface area contributed by atoms with Crippen LogP contribution < -0.4 is 14.9 Å². The summed E-state index contributed by atoms with van der Waals surface area (Å²) in [6, 6.07) is 18.1. The molecule has 0 heterocycles. The summed E-state index contributed by atoms with van der Waals surface area (Å²) >= 11 is 0. The monoisotopic (exact) mass is 427 g/mol. The van der Waals surface area contributed by atoms with Crippen molar-refractivity contribution >= 4 is 33.0 Å². The lowest BCUT2D eigenvalue weighted by Gasteiger charge is -2.17. The third-order valence-electron chi connectivity index (χ3n) is 4.59. The Bertz CT molecular complexity index is 1130. The van der Waals surface area contributed by atoms with Gasteiger partial charge in [-0.25, -0.2) is 12.8 Å². The molecule has 0 saturated heterocycles. The van der Waals surface area contributed by atoms with E-state index in [1.54, 1.807) is 30.3 Å². The minimum Gasteiger partial charge on any atom is -0.375 e. The number of para-hydroxylation sites is 2. The number of halogens is 1. The first-order chi connectivity index (χ1) is 14.3. The standard InChI is InChI=1S/C22H22FN3O3S/c1-3-26(2)18-12-8-16(9-13-18)22(27)24-20-6-4-5-7-21(20)25-30(28,29)19-14-10-17(23)11-15-19/h4-15,25H,3H2,1-2H3,(H,24,27). The largest absolute Gasteiger partial charge is 0.375 e. The van der Waals surface area contributed by atoms with Crippen LogP contribution in [0.2, 0.25) is 0 Å². The van der Waals surface area contributed by atoms with Crippen LogP contribution in [0.1, 0.15) is 17.3 Å². The lowest BCUT2D eigenvalue weighted by molar-refractivity contribution is 0.102. The fraction of sp³-hybridized carbons (Fsp3) is 0.136. The number of hydrogen-bond donors (Lipinski definition) is 2. The molecule has 2 N–H and O–H groups in total. The molecular formula is C22H22FN3O3S. The summed E-state index contributed by atoms with van der Waals surface area (Å²) in [6.45, 7) is 2.87. The maximum atomic E-state index is 13.1. The molecule has 3 aromatic rings. The van der Waals surface area contributed by atoms with Gasteiger partial charge in [0.2, 0.25) is 0 Å². The number of sulfonamides is 1. The van der Waals surface area contributed by atoms with E-state index in [0.29, 0.717) is 11.3 Å². The highest BCUT2D eigenvalue weighted by Gasteiger charge is 2.17. The van der Waals surface area contributed by atoms with Crippen LogP contribution in [0.25, 0.3) is 0 Å². The molecule has 0 radical (unpaired) electrons. The van der Waals surface area contributed by atoms with Crippen LogP contribution in [-0.4, -0.2) is 27.9 Å². The number of amides is 1. The summed E-state index contributed by atoms with van der Waals surface area (Å²) in [5, 5.41) is 2.73. The smallest absolute Gasteiger partial charge is 0.261 e. The number of rotatable bonds is 7. The highest BCUT2D eigenvalue weighted by atomic mass is 32.2. The minimum atomic E-state index is -3.94. The topological polar surface area (TPSA) is 78.5 Å². The predicted molar refractivity (Wildman–Crippen MR) is 117 cm³/mol. The molecule has 156 valence electrons. The van der Waals surface area contributed by atoms with E-state index in [1.165, 1.54) is 18.2 Å². The molecule has 0 saturated carbocycles. The van der Waals surface area contributed by atoms with Crippen molar-refractivity contribution in [1.82, 2.24) is 0 Å². The Morgan fingerprint density at radius 3 is 2.13 bits per heavy atom. The Hall–Kier alpha value is -3.39. The number of carbonyl (C=O) groups excluding carboxylic acids is 1. The van der Waals surface area contributed by atoms with Gasteiger partial charge in [-0.2, -0.15) is 0 Å². The van der Waals surface area contributed by atoms with Crippen LogP contribution in [0, 0.1) is 5.82 Å². The van der Waals surface area contributed by atoms with E-state index in [-0.39, 0.29) is 16.5 Å². The molecule has 0 aliphatic heterocycles. The molecule has 3 aromatic carbocycles. The normalized spacial score (nSPS) is 11.0. The van der Waals surface area contributed by atoms with Crippen LogP contribution in [0.5, 0.6) is 0 Å². The van der Waals surface area contributed by atoms with Gasteiger partial charge in [0.05, 0.1) is 16.3 Å². The van der Waals surface area contributed by atoms with Gasteiger partial charge in [-0.15, -0.1) is 0 Å². The van der Waals surface area contributed by atoms with Crippen molar-refractivity contribution in [2.75, 3.05) is 28.5 Å². The maximum absolute atomic E-state index is 13.1. The Balaban J connectivity index is 1.80. The molecule has 0 atom stereocenters. The maximum Gasteiger partial charge on any atom is 0.261 e. The van der Waals surface area contributed by atoms with Crippen molar-refractivity contribution < 1.29 is 17.6 Å². The van der Waals surface area contributed by atoms with Gasteiger partial charge in [0, 0.05) is 24.8 Å². The number of anilines is 3. The van der Waals surface area contributed by atoms with Crippen molar-refractivity contribution in [3.05, 3.63) is 84.2 Å². The van der Waals surface area contributed by atoms with Gasteiger partial charge in [0.25, 0.3) is 15.9 Å². The lowest BCUT2D eigenvalue weighted by Crippen LogP contribution is -2.18. The van der Waals surface area contributed by atoms with Crippen molar-refractivity contribution in [2.45, 2.75) is 11.8 Å². The average Bonchev–Trinajstić information content (AvgIpc) is 2.74. The van der Waals surface area contributed by atoms with Gasteiger partial charge in [-0.05, 0) is 67.6 Å². The Labute approximate surface area is 175 Å². The zero-order valence-corrected chi connectivity index (χ0v) is 17.4. The predicted octanol–water partition coefficient (Wildman–Crippen LogP) is 4.33. The fourth-order valence-corrected chi connectivity index (χ4v) is 3.82. The second-order valence-electron chi connectivity index (χ2n) is 6.62. The highest BCUT2D eigenvalue weighted by Crippen LogP contribution is 2.25. The van der Waals surface area contributed by atoms with Gasteiger partial charge in [0.15, 0.2) is 0 Å². The third-order valence-corrected chi connectivity index (χ3v) is 5.97. The molecule has 0 aliphatic rings. The van der Waals surface area contributed by atoms with Gasteiger partial charge in [-0.1, -0.05) is 12.1 Å². The van der Waals surface area contributed by atoms with E-state index >= 15 is 0 Å². The summed E-state index contributed by atoms with van der Waals surface area (Å²) < 4.78 is 40.7. The average molecular weight is 428 g/mol. The summed E-state index contributed by atoms with van der Waals surface area (Å²) in [5.74, 6) is -0.896. The molecule has 0 fully saturated rings. The molecule has 0 spiro atoms. The van der Waals surface area contributed by atoms with Crippen molar-refractivity contribution in [2.24, 2.45) is 0 Å². The van der Waals surface area contributed by atoms with E-state index in [4.69, 9.17) is 0 Å². The zero-order valence-electron chi connectivity index (χ0n) is 16.6. The van der Waals surface area contributed by atoms with Gasteiger partial charge < -0.3 is 10.2 Å². The summed E-state index contributed by atoms with van der Waals surface area (Å²) in [4.78, 5) is 14.6. The molecule has 0 unspecified atom stereocenters. The van der Waals surface area contributed by atoms with E-state index in [2.05, 4.69) is 10.0 Å². The fourth-order valence-electron chi connectivity index (χ4n) is 2.74. The lowest BCUT2D eigenvalue weighted by atomic mass is 10.1. The van der Waals surface area contributed by atoms with E-state index in [9.17, 15) is 17.6 Å². The van der Waals surface area contributed by atoms with E-state index in [0.717, 1.165) is 24.4 Å². The summed E-state index contributed by atoms with van der Waals surface area (Å²) in [6.07, 6.45) is 0. The first kappa shape index (κ1) is 21.3. The Kier molecular flexibility index (Phi) is 6.37. The molecular weight excluding hydrogens is 405 g/mol. The molecule has 0 aliphatic carbocycles. The van der Waals surface area contributed by atoms with Gasteiger partial charge in [0.1, 0.15) is 5.82 Å². The SMILES string of the molecule is CCN(C)c1ccc(C(=O)Nc2ccccc2NS(=O)(=O)c2ccc(F)cc2)cc1. The number of nitrogens with one attached hydrogen (secondary N) is 2. The van der Waals surface area contributed by atoms with E-state index in [1.807, 2.05) is 31.0 Å².